The number of carboxylic acid groups (broad SMARTS) is 1. The Hall–Kier alpha value is -1.75. The standard InChI is InChI=1S/C14H11Cl2NO2.C2H7N/c15-10-5-3-6-11(16)14(10)17-12-7-2-1-4-9(12)8-13(18)19;1-2-3/h1-7,17H,8H2,(H,18,19);2-3H2,1H3. The van der Waals surface area contributed by atoms with Crippen molar-refractivity contribution in [3.8, 4) is 0 Å². The average molecular weight is 341 g/mol. The first-order chi connectivity index (χ1) is 10.5. The van der Waals surface area contributed by atoms with Gasteiger partial charge in [-0.15, -0.1) is 0 Å². The highest BCUT2D eigenvalue weighted by atomic mass is 35.5. The second-order valence-electron chi connectivity index (χ2n) is 4.36. The molecule has 0 fully saturated rings. The molecule has 0 atom stereocenters. The normalized spacial score (nSPS) is 9.64. The zero-order valence-electron chi connectivity index (χ0n) is 12.1. The molecule has 0 heterocycles. The van der Waals surface area contributed by atoms with Crippen LogP contribution in [0.5, 0.6) is 0 Å². The molecule has 4 nitrogen and oxygen atoms in total. The molecule has 0 unspecified atom stereocenters. The van der Waals surface area contributed by atoms with Gasteiger partial charge in [0.15, 0.2) is 0 Å². The molecule has 0 bridgehead atoms. The molecular weight excluding hydrogens is 323 g/mol. The molecule has 22 heavy (non-hydrogen) atoms. The van der Waals surface area contributed by atoms with Crippen LogP contribution in [0.4, 0.5) is 11.4 Å². The van der Waals surface area contributed by atoms with E-state index in [1.165, 1.54) is 0 Å². The third-order valence-corrected chi connectivity index (χ3v) is 3.21. The van der Waals surface area contributed by atoms with E-state index in [0.717, 1.165) is 6.54 Å². The van der Waals surface area contributed by atoms with Crippen LogP contribution in [-0.4, -0.2) is 17.6 Å². The SMILES string of the molecule is CCN.O=C(O)Cc1ccccc1Nc1c(Cl)cccc1Cl. The first kappa shape index (κ1) is 18.3. The predicted molar refractivity (Wildman–Crippen MR) is 92.3 cm³/mol. The summed E-state index contributed by atoms with van der Waals surface area (Å²) in [5, 5.41) is 12.9. The Bertz CT molecular complexity index is 613. The molecule has 0 aliphatic heterocycles. The molecule has 0 aliphatic carbocycles. The van der Waals surface area contributed by atoms with Gasteiger partial charge in [0, 0.05) is 5.69 Å². The predicted octanol–water partition coefficient (Wildman–Crippen LogP) is 4.33. The molecule has 0 saturated heterocycles. The van der Waals surface area contributed by atoms with Gasteiger partial charge in [0.2, 0.25) is 0 Å². The number of benzene rings is 2. The molecule has 2 aromatic carbocycles. The summed E-state index contributed by atoms with van der Waals surface area (Å²) in [6, 6.07) is 12.3. The van der Waals surface area contributed by atoms with Crippen molar-refractivity contribution in [2.75, 3.05) is 11.9 Å². The molecule has 6 heteroatoms. The largest absolute Gasteiger partial charge is 0.481 e. The first-order valence-corrected chi connectivity index (χ1v) is 7.46. The van der Waals surface area contributed by atoms with Gasteiger partial charge in [0.1, 0.15) is 0 Å². The van der Waals surface area contributed by atoms with Crippen LogP contribution >= 0.6 is 23.2 Å². The van der Waals surface area contributed by atoms with Gasteiger partial charge in [0.05, 0.1) is 22.2 Å². The zero-order valence-corrected chi connectivity index (χ0v) is 13.7. The van der Waals surface area contributed by atoms with E-state index in [4.69, 9.17) is 34.0 Å². The second-order valence-corrected chi connectivity index (χ2v) is 5.17. The van der Waals surface area contributed by atoms with E-state index in [1.807, 2.05) is 13.0 Å². The monoisotopic (exact) mass is 340 g/mol. The number of para-hydroxylation sites is 2. The van der Waals surface area contributed by atoms with Crippen molar-refractivity contribution >= 4 is 40.5 Å². The molecule has 0 spiro atoms. The topological polar surface area (TPSA) is 75.4 Å². The van der Waals surface area contributed by atoms with Crippen molar-refractivity contribution in [1.29, 1.82) is 0 Å². The number of halogens is 2. The number of carboxylic acids is 1. The number of hydrogen-bond donors (Lipinski definition) is 3. The lowest BCUT2D eigenvalue weighted by atomic mass is 10.1. The van der Waals surface area contributed by atoms with E-state index in [2.05, 4.69) is 5.32 Å². The Morgan fingerprint density at radius 1 is 1.14 bits per heavy atom. The first-order valence-electron chi connectivity index (χ1n) is 6.70. The van der Waals surface area contributed by atoms with E-state index in [-0.39, 0.29) is 6.42 Å². The molecule has 2 rings (SSSR count). The maximum atomic E-state index is 10.8. The van der Waals surface area contributed by atoms with Gasteiger partial charge in [-0.2, -0.15) is 0 Å². The Morgan fingerprint density at radius 2 is 1.68 bits per heavy atom. The summed E-state index contributed by atoms with van der Waals surface area (Å²) in [4.78, 5) is 10.8. The molecule has 2 aromatic rings. The van der Waals surface area contributed by atoms with E-state index < -0.39 is 5.97 Å². The Morgan fingerprint density at radius 3 is 2.23 bits per heavy atom. The fraction of sp³-hybridized carbons (Fsp3) is 0.188. The Balaban J connectivity index is 0.000000745. The van der Waals surface area contributed by atoms with E-state index in [0.29, 0.717) is 27.0 Å². The van der Waals surface area contributed by atoms with E-state index in [9.17, 15) is 4.79 Å². The van der Waals surface area contributed by atoms with Crippen LogP contribution in [0.3, 0.4) is 0 Å². The van der Waals surface area contributed by atoms with Gasteiger partial charge in [-0.3, -0.25) is 4.79 Å². The average Bonchev–Trinajstić information content (AvgIpc) is 2.45. The third kappa shape index (κ3) is 5.56. The number of carbonyl (C=O) groups is 1. The van der Waals surface area contributed by atoms with Gasteiger partial charge in [-0.1, -0.05) is 54.4 Å². The minimum Gasteiger partial charge on any atom is -0.481 e. The number of rotatable bonds is 4. The van der Waals surface area contributed by atoms with E-state index in [1.54, 1.807) is 36.4 Å². The van der Waals surface area contributed by atoms with Gasteiger partial charge in [0.25, 0.3) is 0 Å². The second kappa shape index (κ2) is 9.30. The number of nitrogens with one attached hydrogen (secondary N) is 1. The molecule has 0 saturated carbocycles. The van der Waals surface area contributed by atoms with Gasteiger partial charge >= 0.3 is 5.97 Å². The van der Waals surface area contributed by atoms with Crippen LogP contribution in [0.1, 0.15) is 12.5 Å². The highest BCUT2D eigenvalue weighted by Crippen LogP contribution is 2.33. The highest BCUT2D eigenvalue weighted by molar-refractivity contribution is 6.39. The van der Waals surface area contributed by atoms with E-state index >= 15 is 0 Å². The Labute approximate surface area is 139 Å². The highest BCUT2D eigenvalue weighted by Gasteiger charge is 2.10. The molecule has 0 aromatic heterocycles. The van der Waals surface area contributed by atoms with Crippen LogP contribution in [-0.2, 0) is 11.2 Å². The van der Waals surface area contributed by atoms with Crippen molar-refractivity contribution in [3.63, 3.8) is 0 Å². The molecule has 118 valence electrons. The lowest BCUT2D eigenvalue weighted by molar-refractivity contribution is -0.136. The van der Waals surface area contributed by atoms with Crippen LogP contribution in [0.2, 0.25) is 10.0 Å². The lowest BCUT2D eigenvalue weighted by Crippen LogP contribution is -2.04. The summed E-state index contributed by atoms with van der Waals surface area (Å²) in [6.07, 6.45) is -0.0642. The van der Waals surface area contributed by atoms with Crippen LogP contribution < -0.4 is 11.1 Å². The van der Waals surface area contributed by atoms with Crippen LogP contribution in [0.25, 0.3) is 0 Å². The maximum Gasteiger partial charge on any atom is 0.307 e. The fourth-order valence-electron chi connectivity index (χ4n) is 1.71. The quantitative estimate of drug-likeness (QED) is 0.774. The Kier molecular flexibility index (Phi) is 7.74. The summed E-state index contributed by atoms with van der Waals surface area (Å²) in [5.74, 6) is -0.889. The van der Waals surface area contributed by atoms with Crippen molar-refractivity contribution in [1.82, 2.24) is 0 Å². The maximum absolute atomic E-state index is 10.8. The summed E-state index contributed by atoms with van der Waals surface area (Å²) < 4.78 is 0. The molecule has 4 N–H and O–H groups in total. The molecule has 0 radical (unpaired) electrons. The van der Waals surface area contributed by atoms with Crippen LogP contribution in [0.15, 0.2) is 42.5 Å². The lowest BCUT2D eigenvalue weighted by Gasteiger charge is -2.13. The molecule has 0 aliphatic rings. The number of aliphatic carboxylic acids is 1. The molecule has 0 amide bonds. The van der Waals surface area contributed by atoms with Gasteiger partial charge in [-0.05, 0) is 30.3 Å². The smallest absolute Gasteiger partial charge is 0.307 e. The van der Waals surface area contributed by atoms with Crippen LogP contribution in [0, 0.1) is 0 Å². The van der Waals surface area contributed by atoms with Crippen molar-refractivity contribution in [2.45, 2.75) is 13.3 Å². The summed E-state index contributed by atoms with van der Waals surface area (Å²) >= 11 is 12.1. The summed E-state index contributed by atoms with van der Waals surface area (Å²) in [6.45, 7) is 2.65. The fourth-order valence-corrected chi connectivity index (χ4v) is 2.20. The minimum atomic E-state index is -0.889. The van der Waals surface area contributed by atoms with Crippen molar-refractivity contribution in [2.24, 2.45) is 5.73 Å². The number of hydrogen-bond acceptors (Lipinski definition) is 3. The van der Waals surface area contributed by atoms with Gasteiger partial charge < -0.3 is 16.2 Å². The van der Waals surface area contributed by atoms with Crippen molar-refractivity contribution in [3.05, 3.63) is 58.1 Å². The van der Waals surface area contributed by atoms with Crippen molar-refractivity contribution < 1.29 is 9.90 Å². The third-order valence-electron chi connectivity index (χ3n) is 2.58. The number of nitrogens with two attached hydrogens (primary N) is 1. The molecular formula is C16H18Cl2N2O2. The number of anilines is 2. The zero-order chi connectivity index (χ0) is 16.5. The van der Waals surface area contributed by atoms with Gasteiger partial charge in [-0.25, -0.2) is 0 Å². The summed E-state index contributed by atoms with van der Waals surface area (Å²) in [5.41, 5.74) is 6.77. The summed E-state index contributed by atoms with van der Waals surface area (Å²) in [7, 11) is 0. The minimum absolute atomic E-state index is 0.0642.